The largest absolute Gasteiger partial charge is 0.485 e. The quantitative estimate of drug-likeness (QED) is 0.177. The van der Waals surface area contributed by atoms with Gasteiger partial charge >= 0.3 is 0 Å². The van der Waals surface area contributed by atoms with E-state index in [0.29, 0.717) is 59.2 Å². The molecule has 3 aliphatic heterocycles. The Morgan fingerprint density at radius 1 is 0.327 bits per heavy atom. The zero-order valence-electron chi connectivity index (χ0n) is 26.3. The van der Waals surface area contributed by atoms with Gasteiger partial charge in [0.05, 0.1) is 0 Å². The Balaban J connectivity index is 1.07. The molecule has 0 atom stereocenters. The lowest BCUT2D eigenvalue weighted by Crippen LogP contribution is -2.09. The molecular formula is C41H30O8. The highest BCUT2D eigenvalue weighted by Crippen LogP contribution is 2.56. The van der Waals surface area contributed by atoms with Gasteiger partial charge in [0.1, 0.15) is 13.2 Å². The van der Waals surface area contributed by atoms with Crippen LogP contribution in [0.4, 0.5) is 0 Å². The van der Waals surface area contributed by atoms with Gasteiger partial charge in [-0.2, -0.15) is 0 Å². The van der Waals surface area contributed by atoms with Gasteiger partial charge in [-0.1, -0.05) is 84.9 Å². The number of benzene rings is 6. The second-order valence-corrected chi connectivity index (χ2v) is 11.7. The van der Waals surface area contributed by atoms with E-state index in [4.69, 9.17) is 37.9 Å². The van der Waals surface area contributed by atoms with E-state index < -0.39 is 0 Å². The molecule has 0 N–H and O–H groups in total. The van der Waals surface area contributed by atoms with Gasteiger partial charge in [-0.15, -0.1) is 0 Å². The molecule has 0 bridgehead atoms. The molecule has 6 aromatic rings. The highest BCUT2D eigenvalue weighted by atomic mass is 16.7. The fraction of sp³-hybridized carbons (Fsp3) is 0.122. The van der Waals surface area contributed by atoms with Gasteiger partial charge in [0.15, 0.2) is 46.0 Å². The van der Waals surface area contributed by atoms with Gasteiger partial charge < -0.3 is 37.9 Å². The second-order valence-electron chi connectivity index (χ2n) is 11.7. The molecule has 0 unspecified atom stereocenters. The van der Waals surface area contributed by atoms with E-state index in [1.165, 1.54) is 0 Å². The molecule has 0 radical (unpaired) electrons. The Kier molecular flexibility index (Phi) is 7.31. The van der Waals surface area contributed by atoms with Crippen LogP contribution in [0, 0.1) is 0 Å². The lowest BCUT2D eigenvalue weighted by atomic mass is 9.94. The van der Waals surface area contributed by atoms with Gasteiger partial charge in [0.25, 0.3) is 0 Å². The van der Waals surface area contributed by atoms with E-state index in [1.807, 2.05) is 121 Å². The number of para-hydroxylation sites is 2. The molecule has 0 saturated carbocycles. The van der Waals surface area contributed by atoms with Crippen molar-refractivity contribution in [1.82, 2.24) is 0 Å². The molecule has 0 amide bonds. The number of hydrogen-bond donors (Lipinski definition) is 0. The van der Waals surface area contributed by atoms with Crippen molar-refractivity contribution in [3.63, 3.8) is 0 Å². The van der Waals surface area contributed by atoms with Crippen LogP contribution < -0.4 is 37.9 Å². The summed E-state index contributed by atoms with van der Waals surface area (Å²) in [7, 11) is 0. The van der Waals surface area contributed by atoms with Gasteiger partial charge in [-0.25, -0.2) is 0 Å². The minimum Gasteiger partial charge on any atom is -0.485 e. The first-order valence-electron chi connectivity index (χ1n) is 16.0. The first-order chi connectivity index (χ1) is 24.3. The maximum Gasteiger partial charge on any atom is 0.231 e. The molecule has 8 heteroatoms. The van der Waals surface area contributed by atoms with Gasteiger partial charge in [0, 0.05) is 33.4 Å². The van der Waals surface area contributed by atoms with E-state index in [1.54, 1.807) is 0 Å². The number of fused-ring (bicyclic) bond motifs is 11. The molecule has 3 aliphatic rings. The highest BCUT2D eigenvalue weighted by Gasteiger charge is 2.31. The molecular weight excluding hydrogens is 620 g/mol. The summed E-state index contributed by atoms with van der Waals surface area (Å²) >= 11 is 0. The van der Waals surface area contributed by atoms with E-state index in [9.17, 15) is 0 Å². The monoisotopic (exact) mass is 650 g/mol. The van der Waals surface area contributed by atoms with Gasteiger partial charge in [0.2, 0.25) is 20.4 Å². The van der Waals surface area contributed by atoms with Gasteiger partial charge in [-0.3, -0.25) is 0 Å². The van der Waals surface area contributed by atoms with Crippen molar-refractivity contribution in [2.24, 2.45) is 0 Å². The Morgan fingerprint density at radius 2 is 0.653 bits per heavy atom. The lowest BCUT2D eigenvalue weighted by molar-refractivity contribution is 0.0894. The summed E-state index contributed by atoms with van der Waals surface area (Å²) in [5, 5.41) is 0. The number of hydrogen-bond acceptors (Lipinski definition) is 8. The SMILES string of the molecule is c1ccc(COc2cccc3c2OCOc2c-3ccc3c2OCOc2c-3ccc3c2OCOc2c(OCc4ccccc4)cccc2-3)cc1. The Labute approximate surface area is 282 Å². The van der Waals surface area contributed by atoms with E-state index >= 15 is 0 Å². The minimum atomic E-state index is -0.0541. The Morgan fingerprint density at radius 3 is 1.02 bits per heavy atom. The maximum absolute atomic E-state index is 6.28. The normalized spacial score (nSPS) is 13.4. The summed E-state index contributed by atoms with van der Waals surface area (Å²) in [6.45, 7) is 0.742. The van der Waals surface area contributed by atoms with Crippen LogP contribution in [0.2, 0.25) is 0 Å². The molecule has 0 aromatic heterocycles. The maximum atomic E-state index is 6.28. The summed E-state index contributed by atoms with van der Waals surface area (Å²) in [5.41, 5.74) is 7.10. The molecule has 242 valence electrons. The van der Waals surface area contributed by atoms with Gasteiger partial charge in [-0.05, 0) is 47.5 Å². The average molecular weight is 651 g/mol. The first kappa shape index (κ1) is 28.9. The zero-order valence-corrected chi connectivity index (χ0v) is 26.3. The van der Waals surface area contributed by atoms with Crippen molar-refractivity contribution in [3.8, 4) is 79.4 Å². The molecule has 0 aliphatic carbocycles. The second kappa shape index (κ2) is 12.4. The fourth-order valence-electron chi connectivity index (χ4n) is 6.44. The van der Waals surface area contributed by atoms with Crippen LogP contribution in [0.15, 0.2) is 121 Å². The van der Waals surface area contributed by atoms with E-state index in [2.05, 4.69) is 0 Å². The fourth-order valence-corrected chi connectivity index (χ4v) is 6.44. The van der Waals surface area contributed by atoms with Crippen LogP contribution in [0.25, 0.3) is 33.4 Å². The summed E-state index contributed by atoms with van der Waals surface area (Å²) in [5.74, 6) is 4.76. The molecule has 9 rings (SSSR count). The predicted octanol–water partition coefficient (Wildman–Crippen LogP) is 9.03. The third-order valence-electron chi connectivity index (χ3n) is 8.75. The molecule has 0 fully saturated rings. The van der Waals surface area contributed by atoms with Crippen LogP contribution in [0.5, 0.6) is 46.0 Å². The lowest BCUT2D eigenvalue weighted by Gasteiger charge is -2.16. The van der Waals surface area contributed by atoms with Crippen LogP contribution >= 0.6 is 0 Å². The number of rotatable bonds is 6. The van der Waals surface area contributed by atoms with Crippen molar-refractivity contribution in [2.75, 3.05) is 20.4 Å². The predicted molar refractivity (Wildman–Crippen MR) is 183 cm³/mol. The van der Waals surface area contributed by atoms with E-state index in [0.717, 1.165) is 44.5 Å². The molecule has 8 nitrogen and oxygen atoms in total. The van der Waals surface area contributed by atoms with Crippen LogP contribution in [0.1, 0.15) is 11.1 Å². The highest BCUT2D eigenvalue weighted by molar-refractivity contribution is 5.92. The molecule has 49 heavy (non-hydrogen) atoms. The molecule has 0 spiro atoms. The smallest absolute Gasteiger partial charge is 0.231 e. The molecule has 0 saturated heterocycles. The Bertz CT molecular complexity index is 2010. The minimum absolute atomic E-state index is 0.0185. The molecule has 3 heterocycles. The average Bonchev–Trinajstić information content (AvgIpc) is 3.56. The molecule has 6 aromatic carbocycles. The van der Waals surface area contributed by atoms with Crippen molar-refractivity contribution in [3.05, 3.63) is 132 Å². The summed E-state index contributed by atoms with van der Waals surface area (Å²) < 4.78 is 49.7. The van der Waals surface area contributed by atoms with Crippen molar-refractivity contribution in [1.29, 1.82) is 0 Å². The third-order valence-corrected chi connectivity index (χ3v) is 8.75. The third kappa shape index (κ3) is 5.27. The topological polar surface area (TPSA) is 73.8 Å². The number of ether oxygens (including phenoxy) is 8. The summed E-state index contributed by atoms with van der Waals surface area (Å²) in [6.07, 6.45) is 0. The Hall–Kier alpha value is -6.28. The van der Waals surface area contributed by atoms with Crippen molar-refractivity contribution >= 4 is 0 Å². The summed E-state index contributed by atoms with van der Waals surface area (Å²) in [4.78, 5) is 0. The van der Waals surface area contributed by atoms with Crippen LogP contribution in [-0.4, -0.2) is 20.4 Å². The summed E-state index contributed by atoms with van der Waals surface area (Å²) in [6, 6.07) is 39.8. The zero-order chi connectivity index (χ0) is 32.6. The van der Waals surface area contributed by atoms with E-state index in [-0.39, 0.29) is 20.4 Å². The van der Waals surface area contributed by atoms with Crippen molar-refractivity contribution < 1.29 is 37.9 Å². The van der Waals surface area contributed by atoms with Crippen LogP contribution in [-0.2, 0) is 13.2 Å². The standard InChI is InChI=1S/C41H30O8/c1-3-9-26(10-4-1)21-42-34-15-7-13-28-30-17-19-32-33-20-18-31-29-14-8-16-35(43-22-27-11-5-2-6-12-27)37(29)45-24-47-39(31)41(33)49-25-48-40(32)38(30)46-23-44-36(28)34/h1-20H,21-25H2. The van der Waals surface area contributed by atoms with Crippen molar-refractivity contribution in [2.45, 2.75) is 13.2 Å². The first-order valence-corrected chi connectivity index (χ1v) is 16.0. The van der Waals surface area contributed by atoms with Crippen LogP contribution in [0.3, 0.4) is 0 Å².